The Balaban J connectivity index is 2.39. The van der Waals surface area contributed by atoms with Gasteiger partial charge >= 0.3 is 5.30 Å². The number of thioether (sulfide) groups is 1. The van der Waals surface area contributed by atoms with E-state index < -0.39 is 0 Å². The zero-order valence-corrected chi connectivity index (χ0v) is 10.7. The second-order valence-electron chi connectivity index (χ2n) is 4.41. The van der Waals surface area contributed by atoms with E-state index in [1.165, 1.54) is 11.8 Å². The minimum absolute atomic E-state index is 0.133. The molecule has 0 amide bonds. The highest BCUT2D eigenvalue weighted by molar-refractivity contribution is 8.14. The Morgan fingerprint density at radius 3 is 2.88 bits per heavy atom. The summed E-state index contributed by atoms with van der Waals surface area (Å²) in [7, 11) is 0. The summed E-state index contributed by atoms with van der Waals surface area (Å²) in [5.41, 5.74) is 0. The van der Waals surface area contributed by atoms with E-state index in [1.54, 1.807) is 6.08 Å². The highest BCUT2D eigenvalue weighted by atomic mass is 32.2. The molecule has 1 rings (SSSR count). The van der Waals surface area contributed by atoms with Crippen LogP contribution in [0.1, 0.15) is 20.8 Å². The minimum Gasteiger partial charge on any atom is -0.448 e. The van der Waals surface area contributed by atoms with Crippen molar-refractivity contribution in [2.75, 3.05) is 20.0 Å². The van der Waals surface area contributed by atoms with Crippen molar-refractivity contribution < 1.29 is 19.0 Å². The summed E-state index contributed by atoms with van der Waals surface area (Å²) in [5, 5.41) is -0.271. The summed E-state index contributed by atoms with van der Waals surface area (Å²) in [6.07, 6.45) is 3.31. The van der Waals surface area contributed by atoms with Crippen LogP contribution in [0.3, 0.4) is 0 Å². The van der Waals surface area contributed by atoms with Crippen LogP contribution in [0.4, 0.5) is 4.79 Å². The summed E-state index contributed by atoms with van der Waals surface area (Å²) >= 11 is 1.18. The Hall–Kier alpha value is -0.520. The first kappa shape index (κ1) is 13.5. The minimum atomic E-state index is -0.314. The van der Waals surface area contributed by atoms with Crippen LogP contribution in [0.15, 0.2) is 12.2 Å². The molecule has 1 unspecified atom stereocenters. The Kier molecular flexibility index (Phi) is 5.31. The van der Waals surface area contributed by atoms with Crippen molar-refractivity contribution in [3.8, 4) is 0 Å². The van der Waals surface area contributed by atoms with Gasteiger partial charge in [0, 0.05) is 4.75 Å². The van der Waals surface area contributed by atoms with Gasteiger partial charge in [-0.05, 0) is 17.8 Å². The molecule has 0 aromatic heterocycles. The highest BCUT2D eigenvalue weighted by Gasteiger charge is 2.20. The Bertz CT molecular complexity index is 257. The number of carbonyl (C=O) groups excluding carboxylic acids is 1. The summed E-state index contributed by atoms with van der Waals surface area (Å²) in [6.45, 7) is 6.98. The Morgan fingerprint density at radius 2 is 2.19 bits per heavy atom. The molecule has 0 radical (unpaired) electrons. The van der Waals surface area contributed by atoms with E-state index in [0.29, 0.717) is 13.2 Å². The van der Waals surface area contributed by atoms with Crippen molar-refractivity contribution >= 4 is 17.1 Å². The maximum atomic E-state index is 11.5. The Morgan fingerprint density at radius 1 is 1.44 bits per heavy atom. The first-order valence-corrected chi connectivity index (χ1v) is 6.01. The number of carbonyl (C=O) groups is 1. The van der Waals surface area contributed by atoms with Gasteiger partial charge in [0.1, 0.15) is 12.9 Å². The molecule has 0 bridgehead atoms. The quantitative estimate of drug-likeness (QED) is 0.525. The van der Waals surface area contributed by atoms with Gasteiger partial charge in [0.15, 0.2) is 0 Å². The highest BCUT2D eigenvalue weighted by Crippen LogP contribution is 2.25. The monoisotopic (exact) mass is 246 g/mol. The van der Waals surface area contributed by atoms with E-state index in [9.17, 15) is 4.79 Å². The van der Waals surface area contributed by atoms with Crippen molar-refractivity contribution in [1.82, 2.24) is 0 Å². The van der Waals surface area contributed by atoms with Crippen molar-refractivity contribution in [2.45, 2.75) is 31.6 Å². The standard InChI is InChI=1S/C11H18O4S/c1-11(2,3)16-10(12)15-9-5-4-6-13-8-14-7-9/h4-5,9H,6-8H2,1-3H3/b5-4+. The van der Waals surface area contributed by atoms with Gasteiger partial charge in [-0.15, -0.1) is 0 Å². The van der Waals surface area contributed by atoms with Crippen molar-refractivity contribution in [2.24, 2.45) is 0 Å². The summed E-state index contributed by atoms with van der Waals surface area (Å²) < 4.78 is 15.3. The number of ether oxygens (including phenoxy) is 3. The van der Waals surface area contributed by atoms with Gasteiger partial charge in [0.05, 0.1) is 13.2 Å². The molecule has 0 aromatic carbocycles. The maximum Gasteiger partial charge on any atom is 0.368 e. The molecule has 0 aromatic rings. The van der Waals surface area contributed by atoms with Crippen molar-refractivity contribution in [3.05, 3.63) is 12.2 Å². The zero-order chi connectivity index (χ0) is 12.0. The first-order valence-electron chi connectivity index (χ1n) is 5.19. The molecule has 0 saturated carbocycles. The molecule has 0 spiro atoms. The van der Waals surface area contributed by atoms with E-state index in [0.717, 1.165) is 0 Å². The lowest BCUT2D eigenvalue weighted by Gasteiger charge is -2.20. The fraction of sp³-hybridized carbons (Fsp3) is 0.727. The lowest BCUT2D eigenvalue weighted by molar-refractivity contribution is -0.0684. The van der Waals surface area contributed by atoms with E-state index in [2.05, 4.69) is 0 Å². The molecular weight excluding hydrogens is 228 g/mol. The molecule has 1 aliphatic heterocycles. The molecule has 0 saturated heterocycles. The van der Waals surface area contributed by atoms with Gasteiger partial charge in [0.25, 0.3) is 0 Å². The average molecular weight is 246 g/mol. The first-order chi connectivity index (χ1) is 7.47. The molecule has 1 heterocycles. The second kappa shape index (κ2) is 6.27. The SMILES string of the molecule is CC(C)(C)SC(=O)OC1/C=C/COCOC1. The largest absolute Gasteiger partial charge is 0.448 e. The maximum absolute atomic E-state index is 11.5. The third kappa shape index (κ3) is 6.15. The van der Waals surface area contributed by atoms with Crippen LogP contribution >= 0.6 is 11.8 Å². The number of hydrogen-bond acceptors (Lipinski definition) is 5. The predicted molar refractivity (Wildman–Crippen MR) is 63.5 cm³/mol. The molecule has 16 heavy (non-hydrogen) atoms. The van der Waals surface area contributed by atoms with Crippen LogP contribution in [-0.2, 0) is 14.2 Å². The van der Waals surface area contributed by atoms with Gasteiger partial charge in [-0.3, -0.25) is 0 Å². The van der Waals surface area contributed by atoms with Gasteiger partial charge in [-0.25, -0.2) is 4.79 Å². The number of rotatable bonds is 1. The van der Waals surface area contributed by atoms with Crippen LogP contribution in [0.25, 0.3) is 0 Å². The van der Waals surface area contributed by atoms with Gasteiger partial charge in [0.2, 0.25) is 0 Å². The van der Waals surface area contributed by atoms with Crippen LogP contribution < -0.4 is 0 Å². The third-order valence-electron chi connectivity index (χ3n) is 1.65. The zero-order valence-electron chi connectivity index (χ0n) is 9.89. The molecule has 4 nitrogen and oxygen atoms in total. The van der Waals surface area contributed by atoms with Crippen molar-refractivity contribution in [3.63, 3.8) is 0 Å². The molecule has 1 aliphatic rings. The van der Waals surface area contributed by atoms with E-state index in [4.69, 9.17) is 14.2 Å². The van der Waals surface area contributed by atoms with E-state index in [1.807, 2.05) is 26.8 Å². The van der Waals surface area contributed by atoms with Crippen LogP contribution in [0, 0.1) is 0 Å². The van der Waals surface area contributed by atoms with Gasteiger partial charge in [-0.2, -0.15) is 0 Å². The molecular formula is C11H18O4S. The lowest BCUT2D eigenvalue weighted by Crippen LogP contribution is -2.24. The third-order valence-corrected chi connectivity index (χ3v) is 2.53. The number of hydrogen-bond donors (Lipinski definition) is 0. The molecule has 5 heteroatoms. The van der Waals surface area contributed by atoms with Crippen molar-refractivity contribution in [1.29, 1.82) is 0 Å². The van der Waals surface area contributed by atoms with Gasteiger partial charge in [-0.1, -0.05) is 26.8 Å². The molecule has 0 fully saturated rings. The van der Waals surface area contributed by atoms with E-state index in [-0.39, 0.29) is 22.9 Å². The fourth-order valence-corrected chi connectivity index (χ4v) is 1.74. The summed E-state index contributed by atoms with van der Waals surface area (Å²) in [5.74, 6) is 0. The van der Waals surface area contributed by atoms with Crippen LogP contribution in [0.2, 0.25) is 0 Å². The van der Waals surface area contributed by atoms with Crippen LogP contribution in [0.5, 0.6) is 0 Å². The van der Waals surface area contributed by atoms with Gasteiger partial charge < -0.3 is 14.2 Å². The lowest BCUT2D eigenvalue weighted by atomic mass is 10.3. The molecule has 0 aliphatic carbocycles. The predicted octanol–water partition coefficient (Wildman–Crippen LogP) is 2.58. The molecule has 92 valence electrons. The fourth-order valence-electron chi connectivity index (χ4n) is 1.07. The molecule has 1 atom stereocenters. The van der Waals surface area contributed by atoms with Crippen LogP contribution in [-0.4, -0.2) is 36.2 Å². The van der Waals surface area contributed by atoms with E-state index >= 15 is 0 Å². The average Bonchev–Trinajstić information content (AvgIpc) is 2.06. The topological polar surface area (TPSA) is 44.8 Å². The second-order valence-corrected chi connectivity index (χ2v) is 6.17. The Labute approximate surface area is 100 Å². The smallest absolute Gasteiger partial charge is 0.368 e. The summed E-state index contributed by atoms with van der Waals surface area (Å²) in [4.78, 5) is 11.5. The summed E-state index contributed by atoms with van der Waals surface area (Å²) in [6, 6.07) is 0. The molecule has 0 N–H and O–H groups in total. The normalized spacial score (nSPS) is 24.3.